The third-order valence-electron chi connectivity index (χ3n) is 8.28. The third kappa shape index (κ3) is 9.00. The predicted octanol–water partition coefficient (Wildman–Crippen LogP) is 10.2. The largest absolute Gasteiger partial charge is 0.416 e. The standard InChI is InChI=1S/C39H37F5N2O3S/c1-3-8-31(9-4-2)49-46(23-26-14-16-27(17-15-26)28-18-20-30(21-19-28)39(42,43)44)36(48)24-45-34-13-6-5-11-32(34)35(47)22-37(45)50-25-29-10-7-12-33(40)38(29)41/h5-7,10-22,31H,3-4,8-9,23-25H2,1-2H3. The van der Waals surface area contributed by atoms with Gasteiger partial charge in [0.2, 0.25) is 0 Å². The number of halogens is 5. The molecule has 11 heteroatoms. The Labute approximate surface area is 291 Å². The molecule has 0 aliphatic heterocycles. The van der Waals surface area contributed by atoms with Gasteiger partial charge in [0.05, 0.1) is 28.8 Å². The Balaban J connectivity index is 1.44. The fourth-order valence-electron chi connectivity index (χ4n) is 5.69. The summed E-state index contributed by atoms with van der Waals surface area (Å²) in [5.74, 6) is -2.30. The maximum Gasteiger partial charge on any atom is 0.416 e. The van der Waals surface area contributed by atoms with E-state index in [2.05, 4.69) is 0 Å². The van der Waals surface area contributed by atoms with E-state index >= 15 is 0 Å². The van der Waals surface area contributed by atoms with Crippen molar-refractivity contribution in [3.63, 3.8) is 0 Å². The van der Waals surface area contributed by atoms with Crippen LogP contribution in [0.15, 0.2) is 107 Å². The van der Waals surface area contributed by atoms with Crippen molar-refractivity contribution >= 4 is 28.6 Å². The van der Waals surface area contributed by atoms with E-state index in [1.807, 2.05) is 13.8 Å². The second kappa shape index (κ2) is 16.5. The van der Waals surface area contributed by atoms with Gasteiger partial charge in [0.15, 0.2) is 17.1 Å². The number of nitrogens with zero attached hydrogens (tertiary/aromatic N) is 2. The monoisotopic (exact) mass is 708 g/mol. The van der Waals surface area contributed by atoms with Gasteiger partial charge in [0.1, 0.15) is 6.54 Å². The maximum atomic E-state index is 14.5. The highest BCUT2D eigenvalue weighted by atomic mass is 32.2. The van der Waals surface area contributed by atoms with E-state index in [0.29, 0.717) is 27.1 Å². The molecule has 262 valence electrons. The number of hydroxylamine groups is 2. The number of thioether (sulfide) groups is 1. The van der Waals surface area contributed by atoms with Crippen molar-refractivity contribution in [3.8, 4) is 11.1 Å². The minimum absolute atomic E-state index is 0.0239. The minimum Gasteiger partial charge on any atom is -0.326 e. The van der Waals surface area contributed by atoms with Crippen LogP contribution in [0.3, 0.4) is 0 Å². The fraction of sp³-hybridized carbons (Fsp3) is 0.282. The summed E-state index contributed by atoms with van der Waals surface area (Å²) in [5, 5.41) is 2.14. The lowest BCUT2D eigenvalue weighted by Gasteiger charge is -2.28. The van der Waals surface area contributed by atoms with E-state index in [-0.39, 0.29) is 41.8 Å². The fourth-order valence-corrected chi connectivity index (χ4v) is 6.73. The zero-order valence-corrected chi connectivity index (χ0v) is 28.5. The number of hydrogen-bond acceptors (Lipinski definition) is 4. The van der Waals surface area contributed by atoms with Gasteiger partial charge in [-0.15, -0.1) is 11.8 Å². The molecule has 0 N–H and O–H groups in total. The van der Waals surface area contributed by atoms with Crippen molar-refractivity contribution in [1.82, 2.24) is 9.63 Å². The molecule has 0 saturated heterocycles. The molecule has 0 bridgehead atoms. The topological polar surface area (TPSA) is 51.5 Å². The first-order valence-electron chi connectivity index (χ1n) is 16.4. The smallest absolute Gasteiger partial charge is 0.326 e. The van der Waals surface area contributed by atoms with Gasteiger partial charge in [0.25, 0.3) is 5.91 Å². The summed E-state index contributed by atoms with van der Waals surface area (Å²) in [7, 11) is 0. The summed E-state index contributed by atoms with van der Waals surface area (Å²) >= 11 is 1.12. The Morgan fingerprint density at radius 2 is 1.50 bits per heavy atom. The first-order chi connectivity index (χ1) is 24.0. The molecule has 0 radical (unpaired) electrons. The lowest BCUT2D eigenvalue weighted by atomic mass is 10.0. The average Bonchev–Trinajstić information content (AvgIpc) is 3.10. The summed E-state index contributed by atoms with van der Waals surface area (Å²) in [6, 6.07) is 24.3. The first-order valence-corrected chi connectivity index (χ1v) is 17.4. The quantitative estimate of drug-likeness (QED) is 0.0655. The van der Waals surface area contributed by atoms with Crippen LogP contribution in [0.1, 0.15) is 56.2 Å². The van der Waals surface area contributed by atoms with E-state index in [9.17, 15) is 31.5 Å². The molecule has 4 aromatic carbocycles. The van der Waals surface area contributed by atoms with Crippen LogP contribution in [0, 0.1) is 11.6 Å². The number of alkyl halides is 3. The highest BCUT2D eigenvalue weighted by molar-refractivity contribution is 7.98. The molecule has 5 nitrogen and oxygen atoms in total. The van der Waals surface area contributed by atoms with Gasteiger partial charge in [-0.1, -0.05) is 87.4 Å². The predicted molar refractivity (Wildman–Crippen MR) is 186 cm³/mol. The Hall–Kier alpha value is -4.48. The second-order valence-electron chi connectivity index (χ2n) is 12.0. The average molecular weight is 709 g/mol. The van der Waals surface area contributed by atoms with Crippen molar-refractivity contribution in [2.75, 3.05) is 0 Å². The lowest BCUT2D eigenvalue weighted by molar-refractivity contribution is -0.213. The van der Waals surface area contributed by atoms with E-state index in [4.69, 9.17) is 4.84 Å². The zero-order valence-electron chi connectivity index (χ0n) is 27.7. The van der Waals surface area contributed by atoms with Crippen LogP contribution in [0.25, 0.3) is 22.0 Å². The van der Waals surface area contributed by atoms with Gasteiger partial charge < -0.3 is 4.57 Å². The molecular weight excluding hydrogens is 671 g/mol. The zero-order chi connectivity index (χ0) is 35.8. The van der Waals surface area contributed by atoms with Gasteiger partial charge in [-0.05, 0) is 59.9 Å². The molecule has 0 saturated carbocycles. The number of fused-ring (bicyclic) bond motifs is 1. The molecule has 1 heterocycles. The molecule has 5 rings (SSSR count). The SMILES string of the molecule is CCCC(CCC)ON(Cc1ccc(-c2ccc(C(F)(F)F)cc2)cc1)C(=O)Cn1c(SCc2cccc(F)c2F)cc(=O)c2ccccc21. The molecule has 1 amide bonds. The normalized spacial score (nSPS) is 11.8. The Morgan fingerprint density at radius 3 is 2.14 bits per heavy atom. The second-order valence-corrected chi connectivity index (χ2v) is 13.0. The number of benzene rings is 4. The molecule has 0 aliphatic rings. The summed E-state index contributed by atoms with van der Waals surface area (Å²) in [6.07, 6.45) is -1.51. The minimum atomic E-state index is -4.42. The molecule has 0 aliphatic carbocycles. The van der Waals surface area contributed by atoms with Gasteiger partial charge >= 0.3 is 6.18 Å². The van der Waals surface area contributed by atoms with Gasteiger partial charge in [-0.25, -0.2) is 13.8 Å². The molecule has 0 spiro atoms. The van der Waals surface area contributed by atoms with E-state index < -0.39 is 23.4 Å². The van der Waals surface area contributed by atoms with E-state index in [0.717, 1.165) is 61.2 Å². The summed E-state index contributed by atoms with van der Waals surface area (Å²) in [4.78, 5) is 33.7. The molecule has 1 aromatic heterocycles. The van der Waals surface area contributed by atoms with Crippen LogP contribution in [0.5, 0.6) is 0 Å². The summed E-state index contributed by atoms with van der Waals surface area (Å²) < 4.78 is 69.3. The molecule has 0 atom stereocenters. The molecular formula is C39H37F5N2O3S. The molecule has 5 aromatic rings. The van der Waals surface area contributed by atoms with Crippen LogP contribution in [-0.2, 0) is 34.7 Å². The Kier molecular flexibility index (Phi) is 12.1. The van der Waals surface area contributed by atoms with E-state index in [1.165, 1.54) is 35.4 Å². The highest BCUT2D eigenvalue weighted by Gasteiger charge is 2.30. The molecule has 50 heavy (non-hydrogen) atoms. The number of amides is 1. The number of pyridine rings is 1. The summed E-state index contributed by atoms with van der Waals surface area (Å²) in [6.45, 7) is 3.96. The number of aromatic nitrogens is 1. The highest BCUT2D eigenvalue weighted by Crippen LogP contribution is 2.32. The summed E-state index contributed by atoms with van der Waals surface area (Å²) in [5.41, 5.74) is 1.71. The lowest BCUT2D eigenvalue weighted by Crippen LogP contribution is -2.37. The van der Waals surface area contributed by atoms with Crippen LogP contribution < -0.4 is 5.43 Å². The van der Waals surface area contributed by atoms with Crippen molar-refractivity contribution in [2.24, 2.45) is 0 Å². The van der Waals surface area contributed by atoms with E-state index in [1.54, 1.807) is 53.1 Å². The van der Waals surface area contributed by atoms with Crippen molar-refractivity contribution in [2.45, 2.75) is 75.7 Å². The van der Waals surface area contributed by atoms with Crippen molar-refractivity contribution in [3.05, 3.63) is 136 Å². The Morgan fingerprint density at radius 1 is 0.860 bits per heavy atom. The van der Waals surface area contributed by atoms with Gasteiger partial charge in [-0.2, -0.15) is 13.2 Å². The van der Waals surface area contributed by atoms with Gasteiger partial charge in [0, 0.05) is 22.8 Å². The van der Waals surface area contributed by atoms with Crippen LogP contribution >= 0.6 is 11.8 Å². The van der Waals surface area contributed by atoms with Gasteiger partial charge in [-0.3, -0.25) is 14.4 Å². The van der Waals surface area contributed by atoms with Crippen molar-refractivity contribution < 1.29 is 31.6 Å². The number of rotatable bonds is 14. The first kappa shape index (κ1) is 36.8. The molecule has 0 unspecified atom stereocenters. The number of hydrogen-bond donors (Lipinski definition) is 0. The third-order valence-corrected chi connectivity index (χ3v) is 9.37. The molecule has 0 fully saturated rings. The Bertz CT molecular complexity index is 1970. The number of para-hydroxylation sites is 1. The van der Waals surface area contributed by atoms with Crippen LogP contribution in [0.4, 0.5) is 22.0 Å². The number of carbonyl (C=O) groups excluding carboxylic acids is 1. The van der Waals surface area contributed by atoms with Crippen LogP contribution in [0.2, 0.25) is 0 Å². The van der Waals surface area contributed by atoms with Crippen molar-refractivity contribution in [1.29, 1.82) is 0 Å². The maximum absolute atomic E-state index is 14.5. The van der Waals surface area contributed by atoms with Crippen LogP contribution in [-0.4, -0.2) is 21.6 Å². The number of carbonyl (C=O) groups is 1.